The van der Waals surface area contributed by atoms with E-state index in [1.165, 1.54) is 12.1 Å². The third kappa shape index (κ3) is 6.48. The molecule has 0 heterocycles. The van der Waals surface area contributed by atoms with Crippen LogP contribution in [0.3, 0.4) is 0 Å². The van der Waals surface area contributed by atoms with Crippen LogP contribution >= 0.6 is 0 Å². The average Bonchev–Trinajstić information content (AvgIpc) is 2.71. The molecule has 2 rings (SSSR count). The number of likely N-dealkylation sites (N-methyl/N-ethyl adjacent to an activating group) is 1. The number of nitrogens with one attached hydrogen (secondary N) is 3. The summed E-state index contributed by atoms with van der Waals surface area (Å²) in [6.07, 6.45) is -4.49. The maximum Gasteiger partial charge on any atom is 0.416 e. The summed E-state index contributed by atoms with van der Waals surface area (Å²) < 4.78 is 43.6. The summed E-state index contributed by atoms with van der Waals surface area (Å²) in [6.45, 7) is 3.96. The maximum atomic E-state index is 12.8. The molecule has 6 nitrogen and oxygen atoms in total. The number of benzene rings is 2. The molecule has 30 heavy (non-hydrogen) atoms. The van der Waals surface area contributed by atoms with E-state index in [4.69, 9.17) is 4.74 Å². The molecule has 0 aromatic heterocycles. The molecule has 0 aliphatic carbocycles. The smallest absolute Gasteiger partial charge is 0.416 e. The van der Waals surface area contributed by atoms with Crippen LogP contribution in [0.4, 0.5) is 24.5 Å². The van der Waals surface area contributed by atoms with Gasteiger partial charge in [-0.2, -0.15) is 13.2 Å². The summed E-state index contributed by atoms with van der Waals surface area (Å²) >= 11 is 0. The van der Waals surface area contributed by atoms with E-state index in [2.05, 4.69) is 10.6 Å². The highest BCUT2D eigenvalue weighted by molar-refractivity contribution is 5.94. The largest absolute Gasteiger partial charge is 0.497 e. The van der Waals surface area contributed by atoms with E-state index in [0.29, 0.717) is 22.9 Å². The Hall–Kier alpha value is -3.07. The molecule has 2 amide bonds. The zero-order valence-corrected chi connectivity index (χ0v) is 17.0. The molecule has 162 valence electrons. The Morgan fingerprint density at radius 1 is 1.07 bits per heavy atom. The first kappa shape index (κ1) is 23.2. The van der Waals surface area contributed by atoms with Crippen LogP contribution in [0.5, 0.6) is 5.75 Å². The minimum atomic E-state index is -4.49. The van der Waals surface area contributed by atoms with Gasteiger partial charge in [-0.05, 0) is 56.3 Å². The monoisotopic (exact) mass is 424 g/mol. The quantitative estimate of drug-likeness (QED) is 0.610. The lowest BCUT2D eigenvalue weighted by molar-refractivity contribution is -0.904. The van der Waals surface area contributed by atoms with E-state index in [-0.39, 0.29) is 18.1 Å². The van der Waals surface area contributed by atoms with Crippen molar-refractivity contribution in [2.75, 3.05) is 30.8 Å². The Bertz CT molecular complexity index is 870. The van der Waals surface area contributed by atoms with Gasteiger partial charge in [0.2, 0.25) is 0 Å². The number of carbonyl (C=O) groups excluding carboxylic acids is 2. The molecule has 2 aromatic rings. The summed E-state index contributed by atoms with van der Waals surface area (Å²) in [5, 5.41) is 5.25. The van der Waals surface area contributed by atoms with Gasteiger partial charge in [-0.25, -0.2) is 0 Å². The highest BCUT2D eigenvalue weighted by Gasteiger charge is 2.31. The average molecular weight is 424 g/mol. The molecule has 1 unspecified atom stereocenters. The van der Waals surface area contributed by atoms with Crippen molar-refractivity contribution >= 4 is 23.2 Å². The number of ether oxygens (including phenoxy) is 1. The highest BCUT2D eigenvalue weighted by atomic mass is 19.4. The van der Waals surface area contributed by atoms with Crippen LogP contribution in [0.2, 0.25) is 0 Å². The fourth-order valence-corrected chi connectivity index (χ4v) is 2.88. The van der Waals surface area contributed by atoms with E-state index in [9.17, 15) is 22.8 Å². The van der Waals surface area contributed by atoms with Crippen molar-refractivity contribution in [1.29, 1.82) is 0 Å². The Kier molecular flexibility index (Phi) is 7.82. The van der Waals surface area contributed by atoms with Crippen LogP contribution in [0.1, 0.15) is 19.4 Å². The van der Waals surface area contributed by atoms with Crippen LogP contribution in [0, 0.1) is 0 Å². The van der Waals surface area contributed by atoms with Gasteiger partial charge in [-0.15, -0.1) is 0 Å². The molecule has 2 aromatic carbocycles. The Labute approximate surface area is 173 Å². The van der Waals surface area contributed by atoms with Crippen LogP contribution in [-0.4, -0.2) is 38.1 Å². The molecule has 0 bridgehead atoms. The van der Waals surface area contributed by atoms with Crippen LogP contribution in [0.25, 0.3) is 0 Å². The van der Waals surface area contributed by atoms with Gasteiger partial charge >= 0.3 is 6.18 Å². The SMILES string of the molecule is CC[NH+](CC(=O)Nc1ccc(OC)cc1)[C@H](C)C(=O)Nc1cccc(C(F)(F)F)c1. The lowest BCUT2D eigenvalue weighted by Crippen LogP contribution is -3.17. The number of amides is 2. The molecule has 0 radical (unpaired) electrons. The first-order valence-electron chi connectivity index (χ1n) is 9.40. The Morgan fingerprint density at radius 3 is 2.30 bits per heavy atom. The van der Waals surface area contributed by atoms with E-state index in [0.717, 1.165) is 12.1 Å². The summed E-state index contributed by atoms with van der Waals surface area (Å²) in [5.74, 6) is -0.0900. The normalized spacial score (nSPS) is 13.3. The summed E-state index contributed by atoms with van der Waals surface area (Å²) in [6, 6.07) is 10.6. The summed E-state index contributed by atoms with van der Waals surface area (Å²) in [5.41, 5.74) is -0.191. The number of alkyl halides is 3. The van der Waals surface area contributed by atoms with Crippen LogP contribution in [-0.2, 0) is 15.8 Å². The van der Waals surface area contributed by atoms with Gasteiger partial charge in [0.15, 0.2) is 12.6 Å². The van der Waals surface area contributed by atoms with Crippen molar-refractivity contribution in [2.24, 2.45) is 0 Å². The molecule has 9 heteroatoms. The Morgan fingerprint density at radius 2 is 1.73 bits per heavy atom. The third-order valence-electron chi connectivity index (χ3n) is 4.68. The zero-order chi connectivity index (χ0) is 22.3. The first-order valence-corrected chi connectivity index (χ1v) is 9.40. The zero-order valence-electron chi connectivity index (χ0n) is 17.0. The fourth-order valence-electron chi connectivity index (χ4n) is 2.88. The Balaban J connectivity index is 1.98. The predicted octanol–water partition coefficient (Wildman–Crippen LogP) is 2.58. The predicted molar refractivity (Wildman–Crippen MR) is 108 cm³/mol. The molecule has 2 atom stereocenters. The van der Waals surface area contributed by atoms with Crippen LogP contribution < -0.4 is 20.3 Å². The minimum absolute atomic E-state index is 0.0275. The van der Waals surface area contributed by atoms with Gasteiger partial charge in [-0.1, -0.05) is 6.07 Å². The molecular weight excluding hydrogens is 399 g/mol. The number of rotatable bonds is 8. The van der Waals surface area contributed by atoms with E-state index >= 15 is 0 Å². The van der Waals surface area contributed by atoms with Gasteiger partial charge in [-0.3, -0.25) is 9.59 Å². The molecule has 3 N–H and O–H groups in total. The molecule has 0 saturated heterocycles. The molecule has 0 aliphatic rings. The number of anilines is 2. The number of carbonyl (C=O) groups is 2. The second-order valence-electron chi connectivity index (χ2n) is 6.75. The number of halogens is 3. The van der Waals surface area contributed by atoms with Gasteiger partial charge in [0.25, 0.3) is 11.8 Å². The number of hydrogen-bond acceptors (Lipinski definition) is 3. The molecule has 0 spiro atoms. The molecule has 0 saturated carbocycles. The van der Waals surface area contributed by atoms with Crippen molar-refractivity contribution in [3.05, 3.63) is 54.1 Å². The highest BCUT2D eigenvalue weighted by Crippen LogP contribution is 2.30. The maximum absolute atomic E-state index is 12.8. The van der Waals surface area contributed by atoms with Gasteiger partial charge in [0, 0.05) is 11.4 Å². The van der Waals surface area contributed by atoms with E-state index < -0.39 is 23.7 Å². The van der Waals surface area contributed by atoms with Crippen LogP contribution in [0.15, 0.2) is 48.5 Å². The van der Waals surface area contributed by atoms with Gasteiger partial charge in [0.1, 0.15) is 5.75 Å². The standard InChI is InChI=1S/C21H24F3N3O3/c1-4-27(13-19(28)25-16-8-10-18(30-3)11-9-16)14(2)20(29)26-17-7-5-6-15(12-17)21(22,23)24/h5-12,14H,4,13H2,1-3H3,(H,25,28)(H,26,29)/p+1/t14-/m1/s1. The van der Waals surface area contributed by atoms with Crippen molar-refractivity contribution in [3.63, 3.8) is 0 Å². The number of hydrogen-bond donors (Lipinski definition) is 3. The van der Waals surface area contributed by atoms with E-state index in [1.807, 2.05) is 6.92 Å². The van der Waals surface area contributed by atoms with Crippen molar-refractivity contribution < 1.29 is 32.4 Å². The molecule has 0 aliphatic heterocycles. The minimum Gasteiger partial charge on any atom is -0.497 e. The van der Waals surface area contributed by atoms with Crippen molar-refractivity contribution in [2.45, 2.75) is 26.1 Å². The van der Waals surface area contributed by atoms with Crippen molar-refractivity contribution in [1.82, 2.24) is 0 Å². The molecule has 0 fully saturated rings. The number of methoxy groups -OCH3 is 1. The number of quaternary nitrogens is 1. The van der Waals surface area contributed by atoms with Gasteiger partial charge in [0.05, 0.1) is 19.2 Å². The second kappa shape index (κ2) is 10.1. The topological polar surface area (TPSA) is 71.9 Å². The summed E-state index contributed by atoms with van der Waals surface area (Å²) in [7, 11) is 1.54. The lowest BCUT2D eigenvalue weighted by Gasteiger charge is -2.23. The lowest BCUT2D eigenvalue weighted by atomic mass is 10.2. The summed E-state index contributed by atoms with van der Waals surface area (Å²) in [4.78, 5) is 25.6. The third-order valence-corrected chi connectivity index (χ3v) is 4.68. The van der Waals surface area contributed by atoms with Crippen molar-refractivity contribution in [3.8, 4) is 5.75 Å². The van der Waals surface area contributed by atoms with E-state index in [1.54, 1.807) is 38.3 Å². The molecular formula is C21H25F3N3O3+. The fraction of sp³-hybridized carbons (Fsp3) is 0.333. The first-order chi connectivity index (χ1) is 14.1. The van der Waals surface area contributed by atoms with Gasteiger partial charge < -0.3 is 20.3 Å². The second-order valence-corrected chi connectivity index (χ2v) is 6.75.